The van der Waals surface area contributed by atoms with Gasteiger partial charge in [0, 0.05) is 29.8 Å². The summed E-state index contributed by atoms with van der Waals surface area (Å²) in [5.74, 6) is 2.16. The SMILES string of the molecule is C[C@@H]1C[C@@H]1C(=O)N1CC(Oc2ncc(C(C)(C)N)c3cc(Nc4ccc5c(n4)[C@@H](C)[C@H](C)OC5=O)ncc23)C1. The largest absolute Gasteiger partial charge is 0.470 e. The maximum atomic E-state index is 12.5. The Bertz CT molecular complexity index is 1480. The van der Waals surface area contributed by atoms with E-state index >= 15 is 0 Å². The maximum absolute atomic E-state index is 12.5. The molecule has 1 amide bonds. The summed E-state index contributed by atoms with van der Waals surface area (Å²) in [6, 6.07) is 5.40. The average molecular weight is 531 g/mol. The van der Waals surface area contributed by atoms with Crippen LogP contribution in [0.15, 0.2) is 30.6 Å². The lowest BCUT2D eigenvalue weighted by Crippen LogP contribution is -2.56. The summed E-state index contributed by atoms with van der Waals surface area (Å²) in [7, 11) is 0. The second kappa shape index (κ2) is 9.15. The molecule has 5 heterocycles. The van der Waals surface area contributed by atoms with E-state index in [0.717, 1.165) is 22.8 Å². The predicted molar refractivity (Wildman–Crippen MR) is 146 cm³/mol. The third-order valence-corrected chi connectivity index (χ3v) is 8.12. The van der Waals surface area contributed by atoms with Crippen LogP contribution >= 0.6 is 0 Å². The smallest absolute Gasteiger partial charge is 0.340 e. The molecule has 204 valence electrons. The number of ether oxygens (including phenoxy) is 2. The van der Waals surface area contributed by atoms with Crippen molar-refractivity contribution < 1.29 is 19.1 Å². The van der Waals surface area contributed by atoms with Gasteiger partial charge in [0.15, 0.2) is 0 Å². The quantitative estimate of drug-likeness (QED) is 0.456. The second-order valence-corrected chi connectivity index (χ2v) is 11.8. The molecule has 0 unspecified atom stereocenters. The molecule has 0 bridgehead atoms. The van der Waals surface area contributed by atoms with Gasteiger partial charge in [-0.1, -0.05) is 13.8 Å². The lowest BCUT2D eigenvalue weighted by atomic mass is 9.93. The number of hydrogen-bond donors (Lipinski definition) is 2. The highest BCUT2D eigenvalue weighted by molar-refractivity contribution is 5.93. The Morgan fingerprint density at radius 3 is 2.56 bits per heavy atom. The summed E-state index contributed by atoms with van der Waals surface area (Å²) < 4.78 is 11.6. The summed E-state index contributed by atoms with van der Waals surface area (Å²) >= 11 is 0. The van der Waals surface area contributed by atoms with Gasteiger partial charge in [0.25, 0.3) is 0 Å². The Morgan fingerprint density at radius 1 is 1.13 bits per heavy atom. The number of fused-ring (bicyclic) bond motifs is 2. The molecular formula is C29H34N6O4. The third-order valence-electron chi connectivity index (χ3n) is 8.12. The Labute approximate surface area is 227 Å². The fraction of sp³-hybridized carbons (Fsp3) is 0.483. The number of aromatic nitrogens is 3. The van der Waals surface area contributed by atoms with Crippen molar-refractivity contribution in [3.8, 4) is 5.88 Å². The van der Waals surface area contributed by atoms with E-state index in [1.165, 1.54) is 0 Å². The molecule has 39 heavy (non-hydrogen) atoms. The van der Waals surface area contributed by atoms with Crippen molar-refractivity contribution in [2.75, 3.05) is 18.4 Å². The van der Waals surface area contributed by atoms with Gasteiger partial charge in [-0.05, 0) is 62.3 Å². The molecule has 1 aliphatic carbocycles. The first-order valence-electron chi connectivity index (χ1n) is 13.5. The number of nitrogens with two attached hydrogens (primary N) is 1. The topological polar surface area (TPSA) is 133 Å². The second-order valence-electron chi connectivity index (χ2n) is 11.8. The molecule has 3 aliphatic rings. The monoisotopic (exact) mass is 530 g/mol. The first-order valence-corrected chi connectivity index (χ1v) is 13.5. The minimum atomic E-state index is -0.654. The molecular weight excluding hydrogens is 496 g/mol. The number of hydrogen-bond acceptors (Lipinski definition) is 9. The minimum Gasteiger partial charge on any atom is -0.470 e. The van der Waals surface area contributed by atoms with Crippen LogP contribution in [-0.4, -0.2) is 57.0 Å². The zero-order chi connectivity index (χ0) is 27.6. The number of anilines is 2. The molecule has 6 rings (SSSR count). The summed E-state index contributed by atoms with van der Waals surface area (Å²) in [5.41, 5.74) is 7.90. The van der Waals surface area contributed by atoms with Gasteiger partial charge in [-0.3, -0.25) is 4.79 Å². The van der Waals surface area contributed by atoms with E-state index in [4.69, 9.17) is 20.2 Å². The highest BCUT2D eigenvalue weighted by Crippen LogP contribution is 2.40. The van der Waals surface area contributed by atoms with E-state index in [9.17, 15) is 9.59 Å². The number of esters is 1. The third kappa shape index (κ3) is 4.67. The predicted octanol–water partition coefficient (Wildman–Crippen LogP) is 3.87. The molecule has 1 saturated heterocycles. The van der Waals surface area contributed by atoms with Crippen LogP contribution < -0.4 is 15.8 Å². The van der Waals surface area contributed by atoms with E-state index in [1.54, 1.807) is 24.5 Å². The number of pyridine rings is 3. The van der Waals surface area contributed by atoms with Crippen LogP contribution in [0.1, 0.15) is 68.6 Å². The number of likely N-dealkylation sites (tertiary alicyclic amines) is 1. The number of amides is 1. The van der Waals surface area contributed by atoms with Gasteiger partial charge in [0.2, 0.25) is 11.8 Å². The molecule has 1 saturated carbocycles. The molecule has 2 fully saturated rings. The van der Waals surface area contributed by atoms with Crippen LogP contribution in [0.4, 0.5) is 11.6 Å². The van der Waals surface area contributed by atoms with Gasteiger partial charge < -0.3 is 25.4 Å². The first-order chi connectivity index (χ1) is 18.5. The standard InChI is InChI=1S/C29H34N6O4/c1-14-8-19(14)27(36)35-12-17(13-35)39-26-21-10-31-24(9-20(21)22(11-32-26)29(4,5)30)33-23-7-6-18-25(34-23)15(2)16(3)38-28(18)37/h6-7,9-11,14-17,19H,8,12-13,30H2,1-5H3,(H,31,33,34)/t14-,15+,16+,19+/m1/s1. The van der Waals surface area contributed by atoms with Crippen LogP contribution in [0.25, 0.3) is 10.8 Å². The lowest BCUT2D eigenvalue weighted by Gasteiger charge is -2.39. The van der Waals surface area contributed by atoms with E-state index in [0.29, 0.717) is 47.8 Å². The number of carbonyl (C=O) groups is 2. The minimum absolute atomic E-state index is 0.0233. The Hall–Kier alpha value is -3.79. The van der Waals surface area contributed by atoms with Crippen LogP contribution in [0.2, 0.25) is 0 Å². The summed E-state index contributed by atoms with van der Waals surface area (Å²) in [6.45, 7) is 11.0. The number of carbonyl (C=O) groups excluding carboxylic acids is 2. The van der Waals surface area contributed by atoms with Crippen molar-refractivity contribution >= 4 is 34.3 Å². The van der Waals surface area contributed by atoms with Gasteiger partial charge in [-0.15, -0.1) is 0 Å². The van der Waals surface area contributed by atoms with Gasteiger partial charge in [-0.2, -0.15) is 0 Å². The van der Waals surface area contributed by atoms with Crippen LogP contribution in [0, 0.1) is 11.8 Å². The zero-order valence-electron chi connectivity index (χ0n) is 22.9. The molecule has 2 aliphatic heterocycles. The van der Waals surface area contributed by atoms with E-state index in [1.807, 2.05) is 38.7 Å². The van der Waals surface area contributed by atoms with Crippen molar-refractivity contribution in [1.29, 1.82) is 0 Å². The molecule has 10 heteroatoms. The molecule has 3 aromatic rings. The number of rotatable bonds is 6. The Kier molecular flexibility index (Phi) is 5.98. The molecule has 4 atom stereocenters. The van der Waals surface area contributed by atoms with E-state index < -0.39 is 5.54 Å². The number of nitrogens with zero attached hydrogens (tertiary/aromatic N) is 4. The van der Waals surface area contributed by atoms with Gasteiger partial charge in [0.1, 0.15) is 23.8 Å². The van der Waals surface area contributed by atoms with Crippen molar-refractivity contribution in [3.63, 3.8) is 0 Å². The fourth-order valence-electron chi connectivity index (χ4n) is 5.29. The Balaban J connectivity index is 1.26. The first kappa shape index (κ1) is 25.5. The maximum Gasteiger partial charge on any atom is 0.340 e. The Morgan fingerprint density at radius 2 is 1.87 bits per heavy atom. The molecule has 0 spiro atoms. The van der Waals surface area contributed by atoms with Gasteiger partial charge in [-0.25, -0.2) is 19.7 Å². The number of cyclic esters (lactones) is 1. The van der Waals surface area contributed by atoms with Crippen molar-refractivity contribution in [2.24, 2.45) is 17.6 Å². The van der Waals surface area contributed by atoms with Crippen LogP contribution in [0.5, 0.6) is 5.88 Å². The molecule has 3 N–H and O–H groups in total. The normalized spacial score (nSPS) is 24.6. The highest BCUT2D eigenvalue weighted by Gasteiger charge is 2.45. The van der Waals surface area contributed by atoms with Crippen LogP contribution in [0.3, 0.4) is 0 Å². The molecule has 0 aromatic carbocycles. The fourth-order valence-corrected chi connectivity index (χ4v) is 5.29. The van der Waals surface area contributed by atoms with E-state index in [-0.39, 0.29) is 35.9 Å². The zero-order valence-corrected chi connectivity index (χ0v) is 22.9. The summed E-state index contributed by atoms with van der Waals surface area (Å²) in [6.07, 6.45) is 4.11. The molecule has 3 aromatic heterocycles. The summed E-state index contributed by atoms with van der Waals surface area (Å²) in [4.78, 5) is 40.5. The lowest BCUT2D eigenvalue weighted by molar-refractivity contribution is -0.141. The highest BCUT2D eigenvalue weighted by atomic mass is 16.5. The molecule has 0 radical (unpaired) electrons. The van der Waals surface area contributed by atoms with Crippen molar-refractivity contribution in [2.45, 2.75) is 64.7 Å². The summed E-state index contributed by atoms with van der Waals surface area (Å²) in [5, 5.41) is 4.89. The van der Waals surface area contributed by atoms with Crippen molar-refractivity contribution in [3.05, 3.63) is 47.4 Å². The van der Waals surface area contributed by atoms with E-state index in [2.05, 4.69) is 22.2 Å². The van der Waals surface area contributed by atoms with Crippen molar-refractivity contribution in [1.82, 2.24) is 19.9 Å². The average Bonchev–Trinajstić information content (AvgIpc) is 3.59. The van der Waals surface area contributed by atoms with Gasteiger partial charge in [0.05, 0.1) is 29.7 Å². The molecule has 10 nitrogen and oxygen atoms in total. The van der Waals surface area contributed by atoms with Crippen LogP contribution in [-0.2, 0) is 15.1 Å². The van der Waals surface area contributed by atoms with Gasteiger partial charge >= 0.3 is 5.97 Å². The number of nitrogens with one attached hydrogen (secondary N) is 1.